The lowest BCUT2D eigenvalue weighted by molar-refractivity contribution is -0.142. The first-order chi connectivity index (χ1) is 8.51. The molecular weight excluding hydrogens is 240 g/mol. The molecule has 0 aromatic rings. The molecule has 0 radical (unpaired) electrons. The molecule has 7 heteroatoms. The molecule has 1 heterocycles. The van der Waals surface area contributed by atoms with E-state index in [0.29, 0.717) is 19.6 Å². The van der Waals surface area contributed by atoms with Gasteiger partial charge in [0.25, 0.3) is 0 Å². The first kappa shape index (κ1) is 14.7. The molecule has 0 aromatic carbocycles. The van der Waals surface area contributed by atoms with E-state index in [1.807, 2.05) is 0 Å². The zero-order valence-corrected chi connectivity index (χ0v) is 10.7. The van der Waals surface area contributed by atoms with E-state index >= 15 is 0 Å². The SMILES string of the molecule is CCC(C(=O)O)N(C)C(=O)N1CCOC(CO)C1. The number of nitrogens with zero attached hydrogens (tertiary/aromatic N) is 2. The van der Waals surface area contributed by atoms with Crippen LogP contribution in [0.2, 0.25) is 0 Å². The minimum absolute atomic E-state index is 0.149. The maximum atomic E-state index is 12.1. The number of hydrogen-bond acceptors (Lipinski definition) is 4. The topological polar surface area (TPSA) is 90.3 Å². The Morgan fingerprint density at radius 3 is 2.72 bits per heavy atom. The Morgan fingerprint density at radius 2 is 2.22 bits per heavy atom. The van der Waals surface area contributed by atoms with Gasteiger partial charge < -0.3 is 24.7 Å². The average molecular weight is 260 g/mol. The number of aliphatic hydroxyl groups is 1. The van der Waals surface area contributed by atoms with E-state index in [4.69, 9.17) is 14.9 Å². The Morgan fingerprint density at radius 1 is 1.56 bits per heavy atom. The van der Waals surface area contributed by atoms with Crippen LogP contribution in [0.1, 0.15) is 13.3 Å². The van der Waals surface area contributed by atoms with Gasteiger partial charge in [0.15, 0.2) is 0 Å². The first-order valence-electron chi connectivity index (χ1n) is 5.98. The van der Waals surface area contributed by atoms with Crippen molar-refractivity contribution in [1.82, 2.24) is 9.80 Å². The van der Waals surface area contributed by atoms with Crippen LogP contribution in [-0.4, -0.2) is 77.5 Å². The van der Waals surface area contributed by atoms with Gasteiger partial charge in [-0.15, -0.1) is 0 Å². The number of carboxylic acids is 1. The van der Waals surface area contributed by atoms with E-state index in [-0.39, 0.29) is 25.3 Å². The molecule has 7 nitrogen and oxygen atoms in total. The van der Waals surface area contributed by atoms with Crippen LogP contribution in [0.4, 0.5) is 4.79 Å². The van der Waals surface area contributed by atoms with Crippen molar-refractivity contribution in [2.24, 2.45) is 0 Å². The third-order valence-electron chi connectivity index (χ3n) is 3.05. The molecule has 0 aliphatic carbocycles. The van der Waals surface area contributed by atoms with Crippen LogP contribution in [0.25, 0.3) is 0 Å². The van der Waals surface area contributed by atoms with Crippen LogP contribution in [0.3, 0.4) is 0 Å². The van der Waals surface area contributed by atoms with E-state index < -0.39 is 12.0 Å². The molecule has 0 bridgehead atoms. The van der Waals surface area contributed by atoms with Crippen molar-refractivity contribution in [3.63, 3.8) is 0 Å². The van der Waals surface area contributed by atoms with Gasteiger partial charge in [-0.1, -0.05) is 6.92 Å². The highest BCUT2D eigenvalue weighted by Gasteiger charge is 2.31. The van der Waals surface area contributed by atoms with Crippen molar-refractivity contribution in [1.29, 1.82) is 0 Å². The third kappa shape index (κ3) is 3.33. The lowest BCUT2D eigenvalue weighted by Gasteiger charge is -2.36. The molecule has 1 rings (SSSR count). The van der Waals surface area contributed by atoms with Crippen LogP contribution in [0, 0.1) is 0 Å². The van der Waals surface area contributed by atoms with Crippen molar-refractivity contribution in [3.8, 4) is 0 Å². The van der Waals surface area contributed by atoms with E-state index in [1.54, 1.807) is 6.92 Å². The first-order valence-corrected chi connectivity index (χ1v) is 5.98. The zero-order chi connectivity index (χ0) is 13.7. The summed E-state index contributed by atoms with van der Waals surface area (Å²) < 4.78 is 5.24. The number of morpholine rings is 1. The second kappa shape index (κ2) is 6.55. The molecule has 18 heavy (non-hydrogen) atoms. The van der Waals surface area contributed by atoms with Crippen molar-refractivity contribution in [2.45, 2.75) is 25.5 Å². The molecular formula is C11H20N2O5. The molecule has 1 aliphatic rings. The zero-order valence-electron chi connectivity index (χ0n) is 10.7. The Hall–Kier alpha value is -1.34. The number of carbonyl (C=O) groups excluding carboxylic acids is 1. The number of ether oxygens (including phenoxy) is 1. The highest BCUT2D eigenvalue weighted by molar-refractivity contribution is 5.82. The quantitative estimate of drug-likeness (QED) is 0.717. The number of aliphatic hydroxyl groups excluding tert-OH is 1. The lowest BCUT2D eigenvalue weighted by Crippen LogP contribution is -2.54. The molecule has 1 fully saturated rings. The largest absolute Gasteiger partial charge is 0.480 e. The highest BCUT2D eigenvalue weighted by atomic mass is 16.5. The minimum Gasteiger partial charge on any atom is -0.480 e. The number of amides is 2. The number of likely N-dealkylation sites (N-methyl/N-ethyl adjacent to an activating group) is 1. The van der Waals surface area contributed by atoms with Gasteiger partial charge in [-0.3, -0.25) is 0 Å². The Labute approximate surface area is 106 Å². The predicted molar refractivity (Wildman–Crippen MR) is 63.3 cm³/mol. The number of carbonyl (C=O) groups is 2. The normalized spacial score (nSPS) is 21.5. The molecule has 0 aromatic heterocycles. The molecule has 1 aliphatic heterocycles. The average Bonchev–Trinajstić information content (AvgIpc) is 2.38. The number of rotatable bonds is 4. The fraction of sp³-hybridized carbons (Fsp3) is 0.818. The van der Waals surface area contributed by atoms with E-state index in [0.717, 1.165) is 0 Å². The Kier molecular flexibility index (Phi) is 5.36. The lowest BCUT2D eigenvalue weighted by atomic mass is 10.2. The van der Waals surface area contributed by atoms with Crippen molar-refractivity contribution >= 4 is 12.0 Å². The molecule has 2 atom stereocenters. The Bertz CT molecular complexity index is 310. The summed E-state index contributed by atoms with van der Waals surface area (Å²) >= 11 is 0. The third-order valence-corrected chi connectivity index (χ3v) is 3.05. The summed E-state index contributed by atoms with van der Waals surface area (Å²) in [5, 5.41) is 18.0. The second-order valence-corrected chi connectivity index (χ2v) is 4.28. The smallest absolute Gasteiger partial charge is 0.326 e. The molecule has 0 saturated carbocycles. The summed E-state index contributed by atoms with van der Waals surface area (Å²) in [5.74, 6) is -1.01. The van der Waals surface area contributed by atoms with Crippen molar-refractivity contribution < 1.29 is 24.5 Å². The maximum Gasteiger partial charge on any atom is 0.326 e. The van der Waals surface area contributed by atoms with Gasteiger partial charge in [-0.05, 0) is 6.42 Å². The van der Waals surface area contributed by atoms with Gasteiger partial charge in [0, 0.05) is 13.6 Å². The summed E-state index contributed by atoms with van der Waals surface area (Å²) in [7, 11) is 1.48. The summed E-state index contributed by atoms with van der Waals surface area (Å²) in [4.78, 5) is 25.9. The van der Waals surface area contributed by atoms with Gasteiger partial charge >= 0.3 is 12.0 Å². The fourth-order valence-electron chi connectivity index (χ4n) is 1.97. The van der Waals surface area contributed by atoms with Crippen LogP contribution in [-0.2, 0) is 9.53 Å². The molecule has 0 spiro atoms. The summed E-state index contributed by atoms with van der Waals surface area (Å²) in [6.45, 7) is 2.63. The van der Waals surface area contributed by atoms with Crippen LogP contribution >= 0.6 is 0 Å². The maximum absolute atomic E-state index is 12.1. The predicted octanol–water partition coefficient (Wildman–Crippen LogP) is -0.405. The molecule has 2 unspecified atom stereocenters. The van der Waals surface area contributed by atoms with Gasteiger partial charge in [-0.25, -0.2) is 9.59 Å². The minimum atomic E-state index is -1.01. The summed E-state index contributed by atoms with van der Waals surface area (Å²) in [6.07, 6.45) is -0.0354. The van der Waals surface area contributed by atoms with E-state index in [1.165, 1.54) is 16.8 Å². The summed E-state index contributed by atoms with van der Waals surface area (Å²) in [5.41, 5.74) is 0. The number of aliphatic carboxylic acids is 1. The second-order valence-electron chi connectivity index (χ2n) is 4.28. The standard InChI is InChI=1S/C11H20N2O5/c1-3-9(10(15)16)12(2)11(17)13-4-5-18-8(6-13)7-14/h8-9,14H,3-7H2,1-2H3,(H,15,16). The number of carboxylic acid groups (broad SMARTS) is 1. The van der Waals surface area contributed by atoms with Crippen LogP contribution in [0.5, 0.6) is 0 Å². The molecule has 104 valence electrons. The van der Waals surface area contributed by atoms with Crippen molar-refractivity contribution in [3.05, 3.63) is 0 Å². The molecule has 2 amide bonds. The van der Waals surface area contributed by atoms with Gasteiger partial charge in [0.1, 0.15) is 6.04 Å². The van der Waals surface area contributed by atoms with E-state index in [2.05, 4.69) is 0 Å². The summed E-state index contributed by atoms with van der Waals surface area (Å²) in [6, 6.07) is -1.17. The fourth-order valence-corrected chi connectivity index (χ4v) is 1.97. The van der Waals surface area contributed by atoms with E-state index in [9.17, 15) is 9.59 Å². The monoisotopic (exact) mass is 260 g/mol. The van der Waals surface area contributed by atoms with Gasteiger partial charge in [0.2, 0.25) is 0 Å². The van der Waals surface area contributed by atoms with Crippen molar-refractivity contribution in [2.75, 3.05) is 33.4 Å². The van der Waals surface area contributed by atoms with Gasteiger partial charge in [0.05, 0.1) is 25.9 Å². The van der Waals surface area contributed by atoms with Crippen LogP contribution < -0.4 is 0 Å². The number of hydrogen-bond donors (Lipinski definition) is 2. The van der Waals surface area contributed by atoms with Gasteiger partial charge in [-0.2, -0.15) is 0 Å². The molecule has 2 N–H and O–H groups in total. The molecule has 1 saturated heterocycles. The number of urea groups is 1. The highest BCUT2D eigenvalue weighted by Crippen LogP contribution is 2.11. The van der Waals surface area contributed by atoms with Crippen LogP contribution in [0.15, 0.2) is 0 Å². The Balaban J connectivity index is 2.65.